The Morgan fingerprint density at radius 3 is 2.72 bits per heavy atom. The number of hydrogen-bond donors (Lipinski definition) is 0. The average Bonchev–Trinajstić information content (AvgIpc) is 2.61. The Balaban J connectivity index is 1.77. The first-order valence-electron chi connectivity index (χ1n) is 8.11. The molecule has 1 aliphatic heterocycles. The SMILES string of the molecule is Cc1cc(N2CCCC(C(=O)c3ccc(F)cc3)C2)ncc1[N+](=O)[O-]. The predicted octanol–water partition coefficient (Wildman–Crippen LogP) is 3.54. The Hall–Kier alpha value is -2.83. The lowest BCUT2D eigenvalue weighted by atomic mass is 9.90. The van der Waals surface area contributed by atoms with E-state index < -0.39 is 4.92 Å². The molecule has 0 amide bonds. The van der Waals surface area contributed by atoms with Crippen molar-refractivity contribution in [3.63, 3.8) is 0 Å². The van der Waals surface area contributed by atoms with Crippen molar-refractivity contribution in [3.8, 4) is 0 Å². The van der Waals surface area contributed by atoms with E-state index in [0.717, 1.165) is 19.4 Å². The molecular formula is C18H18FN3O3. The van der Waals surface area contributed by atoms with Gasteiger partial charge in [0.25, 0.3) is 5.69 Å². The lowest BCUT2D eigenvalue weighted by Gasteiger charge is -2.33. The number of nitro groups is 1. The number of benzene rings is 1. The van der Waals surface area contributed by atoms with E-state index in [-0.39, 0.29) is 23.2 Å². The second-order valence-corrected chi connectivity index (χ2v) is 6.24. The van der Waals surface area contributed by atoms with E-state index in [1.54, 1.807) is 13.0 Å². The number of Topliss-reactive ketones (excluding diaryl/α,β-unsaturated/α-hetero) is 1. The lowest BCUT2D eigenvalue weighted by molar-refractivity contribution is -0.385. The highest BCUT2D eigenvalue weighted by molar-refractivity contribution is 5.98. The molecule has 0 spiro atoms. The minimum Gasteiger partial charge on any atom is -0.356 e. The third kappa shape index (κ3) is 3.65. The van der Waals surface area contributed by atoms with Gasteiger partial charge in [0.1, 0.15) is 17.8 Å². The number of nitrogens with zero attached hydrogens (tertiary/aromatic N) is 3. The highest BCUT2D eigenvalue weighted by Gasteiger charge is 2.28. The van der Waals surface area contributed by atoms with Crippen molar-refractivity contribution in [2.75, 3.05) is 18.0 Å². The summed E-state index contributed by atoms with van der Waals surface area (Å²) in [5, 5.41) is 10.9. The number of ketones is 1. The van der Waals surface area contributed by atoms with Crippen molar-refractivity contribution in [1.82, 2.24) is 4.98 Å². The van der Waals surface area contributed by atoms with Crippen LogP contribution in [0.5, 0.6) is 0 Å². The quantitative estimate of drug-likeness (QED) is 0.482. The third-order valence-corrected chi connectivity index (χ3v) is 4.51. The summed E-state index contributed by atoms with van der Waals surface area (Å²) < 4.78 is 13.0. The number of piperidine rings is 1. The van der Waals surface area contributed by atoms with Crippen molar-refractivity contribution in [2.24, 2.45) is 5.92 Å². The normalized spacial score (nSPS) is 17.4. The zero-order valence-corrected chi connectivity index (χ0v) is 13.8. The highest BCUT2D eigenvalue weighted by atomic mass is 19.1. The number of pyridine rings is 1. The van der Waals surface area contributed by atoms with Crippen molar-refractivity contribution < 1.29 is 14.1 Å². The molecule has 1 aliphatic rings. The second kappa shape index (κ2) is 6.96. The Morgan fingerprint density at radius 1 is 1.36 bits per heavy atom. The van der Waals surface area contributed by atoms with Crippen LogP contribution in [0.3, 0.4) is 0 Å². The summed E-state index contributed by atoms with van der Waals surface area (Å²) in [5.74, 6) is 0.0620. The van der Waals surface area contributed by atoms with Crippen LogP contribution in [0, 0.1) is 28.8 Å². The minimum atomic E-state index is -0.455. The molecule has 1 atom stereocenters. The van der Waals surface area contributed by atoms with E-state index >= 15 is 0 Å². The van der Waals surface area contributed by atoms with Crippen molar-refractivity contribution in [2.45, 2.75) is 19.8 Å². The first kappa shape index (κ1) is 17.0. The molecule has 0 radical (unpaired) electrons. The lowest BCUT2D eigenvalue weighted by Crippen LogP contribution is -2.39. The number of halogens is 1. The molecule has 7 heteroatoms. The summed E-state index contributed by atoms with van der Waals surface area (Å²) >= 11 is 0. The first-order valence-corrected chi connectivity index (χ1v) is 8.11. The fourth-order valence-electron chi connectivity index (χ4n) is 3.15. The van der Waals surface area contributed by atoms with Crippen LogP contribution in [0.4, 0.5) is 15.9 Å². The number of anilines is 1. The van der Waals surface area contributed by atoms with E-state index in [1.165, 1.54) is 30.5 Å². The molecular weight excluding hydrogens is 325 g/mol. The Bertz CT molecular complexity index is 808. The van der Waals surface area contributed by atoms with Crippen LogP contribution >= 0.6 is 0 Å². The summed E-state index contributed by atoms with van der Waals surface area (Å²) in [6.45, 7) is 2.92. The number of carbonyl (C=O) groups is 1. The smallest absolute Gasteiger partial charge is 0.290 e. The van der Waals surface area contributed by atoms with Gasteiger partial charge in [-0.1, -0.05) is 0 Å². The number of hydrogen-bond acceptors (Lipinski definition) is 5. The van der Waals surface area contributed by atoms with Crippen molar-refractivity contribution in [3.05, 3.63) is 63.6 Å². The molecule has 130 valence electrons. The van der Waals surface area contributed by atoms with Crippen molar-refractivity contribution >= 4 is 17.3 Å². The fourth-order valence-corrected chi connectivity index (χ4v) is 3.15. The highest BCUT2D eigenvalue weighted by Crippen LogP contribution is 2.27. The standard InChI is InChI=1S/C18H18FN3O3/c1-12-9-17(20-10-16(12)22(24)25)21-8-2-3-14(11-21)18(23)13-4-6-15(19)7-5-13/h4-7,9-10,14H,2-3,8,11H2,1H3. The second-order valence-electron chi connectivity index (χ2n) is 6.24. The van der Waals surface area contributed by atoms with Crippen LogP contribution in [0.1, 0.15) is 28.8 Å². The van der Waals surface area contributed by atoms with Gasteiger partial charge in [-0.15, -0.1) is 0 Å². The van der Waals surface area contributed by atoms with E-state index in [1.807, 2.05) is 4.90 Å². The Labute approximate surface area is 144 Å². The maximum absolute atomic E-state index is 13.0. The number of aryl methyl sites for hydroxylation is 1. The van der Waals surface area contributed by atoms with E-state index in [9.17, 15) is 19.3 Å². The molecule has 0 bridgehead atoms. The summed E-state index contributed by atoms with van der Waals surface area (Å²) in [5.41, 5.74) is 1.03. The topological polar surface area (TPSA) is 76.3 Å². The van der Waals surface area contributed by atoms with Gasteiger partial charge in [0.15, 0.2) is 5.78 Å². The Kier molecular flexibility index (Phi) is 4.74. The van der Waals surface area contributed by atoms with E-state index in [4.69, 9.17) is 0 Å². The zero-order chi connectivity index (χ0) is 18.0. The maximum Gasteiger partial charge on any atom is 0.290 e. The molecule has 1 aromatic heterocycles. The molecule has 2 aromatic rings. The van der Waals surface area contributed by atoms with Crippen LogP contribution < -0.4 is 4.90 Å². The van der Waals surface area contributed by atoms with Gasteiger partial charge in [-0.25, -0.2) is 9.37 Å². The van der Waals surface area contributed by atoms with Gasteiger partial charge in [-0.3, -0.25) is 14.9 Å². The number of aromatic nitrogens is 1. The molecule has 0 N–H and O–H groups in total. The van der Waals surface area contributed by atoms with Gasteiger partial charge in [-0.2, -0.15) is 0 Å². The van der Waals surface area contributed by atoms with Crippen LogP contribution in [-0.4, -0.2) is 28.8 Å². The van der Waals surface area contributed by atoms with Crippen LogP contribution in [0.15, 0.2) is 36.5 Å². The third-order valence-electron chi connectivity index (χ3n) is 4.51. The van der Waals surface area contributed by atoms with Crippen LogP contribution in [0.25, 0.3) is 0 Å². The molecule has 25 heavy (non-hydrogen) atoms. The van der Waals surface area contributed by atoms with E-state index in [0.29, 0.717) is 23.5 Å². The molecule has 3 rings (SSSR count). The van der Waals surface area contributed by atoms with Gasteiger partial charge in [0.2, 0.25) is 0 Å². The fraction of sp³-hybridized carbons (Fsp3) is 0.333. The zero-order valence-electron chi connectivity index (χ0n) is 13.8. The molecule has 2 heterocycles. The van der Waals surface area contributed by atoms with Crippen LogP contribution in [0.2, 0.25) is 0 Å². The first-order chi connectivity index (χ1) is 12.0. The van der Waals surface area contributed by atoms with Gasteiger partial charge < -0.3 is 4.90 Å². The molecule has 1 saturated heterocycles. The van der Waals surface area contributed by atoms with Gasteiger partial charge in [-0.05, 0) is 50.1 Å². The molecule has 1 fully saturated rings. The van der Waals surface area contributed by atoms with Crippen LogP contribution in [-0.2, 0) is 0 Å². The molecule has 1 aromatic carbocycles. The number of carbonyl (C=O) groups excluding carboxylic acids is 1. The summed E-state index contributed by atoms with van der Waals surface area (Å²) in [6.07, 6.45) is 2.85. The summed E-state index contributed by atoms with van der Waals surface area (Å²) in [4.78, 5) is 29.3. The molecule has 0 saturated carbocycles. The maximum atomic E-state index is 13.0. The molecule has 6 nitrogen and oxygen atoms in total. The monoisotopic (exact) mass is 343 g/mol. The predicted molar refractivity (Wildman–Crippen MR) is 91.3 cm³/mol. The molecule has 0 aliphatic carbocycles. The van der Waals surface area contributed by atoms with Crippen molar-refractivity contribution in [1.29, 1.82) is 0 Å². The van der Waals surface area contributed by atoms with Gasteiger partial charge >= 0.3 is 0 Å². The van der Waals surface area contributed by atoms with Gasteiger partial charge in [0.05, 0.1) is 4.92 Å². The summed E-state index contributed by atoms with van der Waals surface area (Å²) in [7, 11) is 0. The summed E-state index contributed by atoms with van der Waals surface area (Å²) in [6, 6.07) is 7.27. The Morgan fingerprint density at radius 2 is 2.08 bits per heavy atom. The molecule has 1 unspecified atom stereocenters. The van der Waals surface area contributed by atoms with E-state index in [2.05, 4.69) is 4.98 Å². The number of rotatable bonds is 4. The largest absolute Gasteiger partial charge is 0.356 e. The minimum absolute atomic E-state index is 0.0108. The van der Waals surface area contributed by atoms with Gasteiger partial charge in [0, 0.05) is 30.1 Å². The average molecular weight is 343 g/mol.